The minimum atomic E-state index is 0.203. The highest BCUT2D eigenvalue weighted by atomic mass is 16.5. The predicted octanol–water partition coefficient (Wildman–Crippen LogP) is 1.63. The number of piperidine rings is 1. The lowest BCUT2D eigenvalue weighted by Crippen LogP contribution is -2.36. The third-order valence-electron chi connectivity index (χ3n) is 3.65. The molecule has 6 nitrogen and oxygen atoms in total. The highest BCUT2D eigenvalue weighted by Crippen LogP contribution is 2.16. The average molecular weight is 297 g/mol. The van der Waals surface area contributed by atoms with E-state index >= 15 is 0 Å². The first-order valence-electron chi connectivity index (χ1n) is 7.93. The zero-order valence-electron chi connectivity index (χ0n) is 13.1. The summed E-state index contributed by atoms with van der Waals surface area (Å²) in [5.74, 6) is 2.06. The van der Waals surface area contributed by atoms with Crippen molar-refractivity contribution in [1.29, 1.82) is 0 Å². The van der Waals surface area contributed by atoms with Gasteiger partial charge in [0.15, 0.2) is 5.82 Å². The van der Waals surface area contributed by atoms with Gasteiger partial charge in [0.05, 0.1) is 12.6 Å². The number of ether oxygens (including phenoxy) is 1. The quantitative estimate of drug-likeness (QED) is 0.735. The minimum Gasteiger partial charge on any atom is -0.396 e. The van der Waals surface area contributed by atoms with Crippen LogP contribution in [0.3, 0.4) is 0 Å². The lowest BCUT2D eigenvalue weighted by Gasteiger charge is -2.30. The number of aliphatic hydroxyl groups is 1. The molecule has 1 fully saturated rings. The fraction of sp³-hybridized carbons (Fsp3) is 0.867. The summed E-state index contributed by atoms with van der Waals surface area (Å²) in [7, 11) is 0. The van der Waals surface area contributed by atoms with Crippen molar-refractivity contribution in [2.75, 3.05) is 26.3 Å². The molecule has 0 spiro atoms. The Labute approximate surface area is 126 Å². The van der Waals surface area contributed by atoms with E-state index in [1.165, 1.54) is 0 Å². The summed E-state index contributed by atoms with van der Waals surface area (Å²) in [5, 5.41) is 12.8. The molecule has 1 aliphatic heterocycles. The normalized spacial score (nSPS) is 17.7. The highest BCUT2D eigenvalue weighted by molar-refractivity contribution is 4.88. The summed E-state index contributed by atoms with van der Waals surface area (Å²) < 4.78 is 11.0. The molecule has 1 aliphatic rings. The smallest absolute Gasteiger partial charge is 0.240 e. The molecule has 120 valence electrons. The van der Waals surface area contributed by atoms with Gasteiger partial charge in [0, 0.05) is 32.7 Å². The fourth-order valence-electron chi connectivity index (χ4n) is 2.54. The van der Waals surface area contributed by atoms with Gasteiger partial charge in [-0.1, -0.05) is 19.0 Å². The Kier molecular flexibility index (Phi) is 6.60. The van der Waals surface area contributed by atoms with Crippen LogP contribution in [0.5, 0.6) is 0 Å². The highest BCUT2D eigenvalue weighted by Gasteiger charge is 2.21. The first-order valence-corrected chi connectivity index (χ1v) is 7.93. The van der Waals surface area contributed by atoms with Gasteiger partial charge in [-0.3, -0.25) is 4.90 Å². The number of aromatic nitrogens is 2. The van der Waals surface area contributed by atoms with Crippen LogP contribution >= 0.6 is 0 Å². The summed E-state index contributed by atoms with van der Waals surface area (Å²) in [6.45, 7) is 7.87. The van der Waals surface area contributed by atoms with Gasteiger partial charge in [0.1, 0.15) is 0 Å². The van der Waals surface area contributed by atoms with Gasteiger partial charge < -0.3 is 14.4 Å². The second-order valence-electron chi connectivity index (χ2n) is 6.13. The Balaban J connectivity index is 1.69. The van der Waals surface area contributed by atoms with Gasteiger partial charge in [-0.25, -0.2) is 0 Å². The van der Waals surface area contributed by atoms with Gasteiger partial charge in [-0.15, -0.1) is 0 Å². The Bertz CT molecular complexity index is 401. The summed E-state index contributed by atoms with van der Waals surface area (Å²) >= 11 is 0. The zero-order chi connectivity index (χ0) is 15.1. The lowest BCUT2D eigenvalue weighted by molar-refractivity contribution is -0.000876. The fourth-order valence-corrected chi connectivity index (χ4v) is 2.54. The second kappa shape index (κ2) is 8.46. The molecule has 0 amide bonds. The molecule has 0 bridgehead atoms. The van der Waals surface area contributed by atoms with Crippen LogP contribution in [0.25, 0.3) is 0 Å². The SMILES string of the molecule is CC(C)Cc1noc(CN2CCC(OCCCO)CC2)n1. The minimum absolute atomic E-state index is 0.203. The maximum absolute atomic E-state index is 8.75. The van der Waals surface area contributed by atoms with Gasteiger partial charge in [0.25, 0.3) is 0 Å². The van der Waals surface area contributed by atoms with Crippen LogP contribution in [0.4, 0.5) is 0 Å². The van der Waals surface area contributed by atoms with Crippen LogP contribution in [0.2, 0.25) is 0 Å². The van der Waals surface area contributed by atoms with Crippen molar-refractivity contribution in [1.82, 2.24) is 15.0 Å². The van der Waals surface area contributed by atoms with Crippen LogP contribution in [0, 0.1) is 5.92 Å². The zero-order valence-corrected chi connectivity index (χ0v) is 13.1. The summed E-state index contributed by atoms with van der Waals surface area (Å²) in [4.78, 5) is 6.78. The van der Waals surface area contributed by atoms with Crippen LogP contribution in [0.1, 0.15) is 44.8 Å². The van der Waals surface area contributed by atoms with Gasteiger partial charge >= 0.3 is 0 Å². The molecule has 0 unspecified atom stereocenters. The van der Waals surface area contributed by atoms with Crippen molar-refractivity contribution < 1.29 is 14.4 Å². The van der Waals surface area contributed by atoms with Crippen LogP contribution < -0.4 is 0 Å². The van der Waals surface area contributed by atoms with Crippen molar-refractivity contribution in [2.45, 2.75) is 52.2 Å². The molecule has 2 rings (SSSR count). The van der Waals surface area contributed by atoms with E-state index in [-0.39, 0.29) is 6.61 Å². The first-order chi connectivity index (χ1) is 10.2. The van der Waals surface area contributed by atoms with Crippen LogP contribution in [-0.4, -0.2) is 52.6 Å². The van der Waals surface area contributed by atoms with Crippen LogP contribution in [-0.2, 0) is 17.7 Å². The molecule has 0 aromatic carbocycles. The molecule has 1 aromatic rings. The van der Waals surface area contributed by atoms with Crippen LogP contribution in [0.15, 0.2) is 4.52 Å². The number of aliphatic hydroxyl groups excluding tert-OH is 1. The average Bonchev–Trinajstić information content (AvgIpc) is 2.87. The van der Waals surface area contributed by atoms with Crippen molar-refractivity contribution in [2.24, 2.45) is 5.92 Å². The van der Waals surface area contributed by atoms with E-state index in [4.69, 9.17) is 14.4 Å². The van der Waals surface area contributed by atoms with Crippen molar-refractivity contribution >= 4 is 0 Å². The number of nitrogens with zero attached hydrogens (tertiary/aromatic N) is 3. The van der Waals surface area contributed by atoms with E-state index in [1.807, 2.05) is 0 Å². The predicted molar refractivity (Wildman–Crippen MR) is 78.8 cm³/mol. The molecule has 1 N–H and O–H groups in total. The number of likely N-dealkylation sites (tertiary alicyclic amines) is 1. The molecular weight excluding hydrogens is 270 g/mol. The third kappa shape index (κ3) is 5.73. The molecule has 6 heteroatoms. The Morgan fingerprint density at radius 1 is 1.38 bits per heavy atom. The van der Waals surface area contributed by atoms with E-state index < -0.39 is 0 Å². The number of rotatable bonds is 8. The maximum atomic E-state index is 8.75. The molecule has 0 aliphatic carbocycles. The molecule has 2 heterocycles. The van der Waals surface area contributed by atoms with Crippen molar-refractivity contribution in [3.63, 3.8) is 0 Å². The molecule has 0 radical (unpaired) electrons. The van der Waals surface area contributed by atoms with E-state index in [1.54, 1.807) is 0 Å². The van der Waals surface area contributed by atoms with Gasteiger partial charge in [-0.05, 0) is 25.2 Å². The topological polar surface area (TPSA) is 71.6 Å². The standard InChI is InChI=1S/C15H27N3O3/c1-12(2)10-14-16-15(21-17-14)11-18-6-4-13(5-7-18)20-9-3-8-19/h12-13,19H,3-11H2,1-2H3. The van der Waals surface area contributed by atoms with E-state index in [0.29, 0.717) is 24.5 Å². The Hall–Kier alpha value is -0.980. The number of hydrogen-bond acceptors (Lipinski definition) is 6. The molecule has 1 saturated heterocycles. The summed E-state index contributed by atoms with van der Waals surface area (Å²) in [6, 6.07) is 0. The Morgan fingerprint density at radius 2 is 2.14 bits per heavy atom. The van der Waals surface area contributed by atoms with E-state index in [2.05, 4.69) is 28.9 Å². The number of hydrogen-bond donors (Lipinski definition) is 1. The molecule has 0 atom stereocenters. The Morgan fingerprint density at radius 3 is 2.81 bits per heavy atom. The molecule has 1 aromatic heterocycles. The first kappa shape index (κ1) is 16.4. The second-order valence-corrected chi connectivity index (χ2v) is 6.13. The van der Waals surface area contributed by atoms with Gasteiger partial charge in [-0.2, -0.15) is 4.98 Å². The summed E-state index contributed by atoms with van der Waals surface area (Å²) in [6.07, 6.45) is 3.97. The van der Waals surface area contributed by atoms with Crippen molar-refractivity contribution in [3.05, 3.63) is 11.7 Å². The molecule has 21 heavy (non-hydrogen) atoms. The molecular formula is C15H27N3O3. The van der Waals surface area contributed by atoms with Gasteiger partial charge in [0.2, 0.25) is 5.89 Å². The monoisotopic (exact) mass is 297 g/mol. The largest absolute Gasteiger partial charge is 0.396 e. The van der Waals surface area contributed by atoms with E-state index in [0.717, 1.165) is 51.1 Å². The molecule has 0 saturated carbocycles. The third-order valence-corrected chi connectivity index (χ3v) is 3.65. The van der Waals surface area contributed by atoms with E-state index in [9.17, 15) is 0 Å². The van der Waals surface area contributed by atoms with Crippen molar-refractivity contribution in [3.8, 4) is 0 Å². The maximum Gasteiger partial charge on any atom is 0.240 e. The summed E-state index contributed by atoms with van der Waals surface area (Å²) in [5.41, 5.74) is 0. The lowest BCUT2D eigenvalue weighted by atomic mass is 10.1.